The maximum atomic E-state index is 13.0. The molecule has 9 heteroatoms. The molecule has 6 nitrogen and oxygen atoms in total. The van der Waals surface area contributed by atoms with Gasteiger partial charge in [0.05, 0.1) is 40.1 Å². The van der Waals surface area contributed by atoms with E-state index in [9.17, 15) is 23.2 Å². The molecular formula is C27H18F3N5O. The first-order valence-electron chi connectivity index (χ1n) is 11.0. The molecule has 178 valence electrons. The Kier molecular flexibility index (Phi) is 5.65. The van der Waals surface area contributed by atoms with Crippen LogP contribution in [0.15, 0.2) is 90.0 Å². The second kappa shape index (κ2) is 8.82. The molecule has 0 bridgehead atoms. The second-order valence-corrected chi connectivity index (χ2v) is 8.24. The van der Waals surface area contributed by atoms with Gasteiger partial charge in [-0.15, -0.1) is 0 Å². The Hall–Kier alpha value is -4.71. The summed E-state index contributed by atoms with van der Waals surface area (Å²) in [6.45, 7) is 1.88. The van der Waals surface area contributed by atoms with Gasteiger partial charge in [-0.1, -0.05) is 6.07 Å². The Bertz CT molecular complexity index is 1660. The smallest absolute Gasteiger partial charge is 0.307 e. The van der Waals surface area contributed by atoms with Crippen molar-refractivity contribution in [2.75, 3.05) is 0 Å². The number of rotatable bonds is 4. The van der Waals surface area contributed by atoms with E-state index in [1.807, 2.05) is 19.1 Å². The fourth-order valence-electron chi connectivity index (χ4n) is 4.11. The lowest BCUT2D eigenvalue weighted by Gasteiger charge is -2.14. The Balaban J connectivity index is 1.62. The van der Waals surface area contributed by atoms with Gasteiger partial charge >= 0.3 is 6.18 Å². The van der Waals surface area contributed by atoms with Crippen LogP contribution in [-0.4, -0.2) is 19.3 Å². The number of pyridine rings is 2. The minimum absolute atomic E-state index is 0.253. The molecule has 0 aliphatic heterocycles. The Labute approximate surface area is 203 Å². The fraction of sp³-hybridized carbons (Fsp3) is 0.111. The van der Waals surface area contributed by atoms with Gasteiger partial charge < -0.3 is 4.57 Å². The summed E-state index contributed by atoms with van der Waals surface area (Å²) in [7, 11) is 0. The van der Waals surface area contributed by atoms with Gasteiger partial charge in [-0.2, -0.15) is 23.5 Å². The maximum absolute atomic E-state index is 13.0. The van der Waals surface area contributed by atoms with E-state index in [2.05, 4.69) is 16.2 Å². The van der Waals surface area contributed by atoms with E-state index < -0.39 is 11.7 Å². The minimum atomic E-state index is -4.46. The van der Waals surface area contributed by atoms with E-state index in [1.54, 1.807) is 47.3 Å². The second-order valence-electron chi connectivity index (χ2n) is 8.24. The number of fused-ring (bicyclic) bond motifs is 1. The first kappa shape index (κ1) is 23.1. The average molecular weight is 485 g/mol. The van der Waals surface area contributed by atoms with Crippen LogP contribution in [0.25, 0.3) is 27.8 Å². The van der Waals surface area contributed by atoms with Crippen LogP contribution >= 0.6 is 0 Å². The number of benzene rings is 2. The molecule has 1 atom stereocenters. The zero-order valence-corrected chi connectivity index (χ0v) is 18.9. The van der Waals surface area contributed by atoms with Gasteiger partial charge in [0.2, 0.25) is 0 Å². The van der Waals surface area contributed by atoms with Crippen molar-refractivity contribution in [1.82, 2.24) is 19.3 Å². The summed E-state index contributed by atoms with van der Waals surface area (Å²) >= 11 is 0. The molecule has 5 rings (SSSR count). The molecule has 36 heavy (non-hydrogen) atoms. The molecule has 5 aromatic rings. The number of nitrogens with zero attached hydrogens (tertiary/aromatic N) is 5. The highest BCUT2D eigenvalue weighted by Crippen LogP contribution is 2.33. The van der Waals surface area contributed by atoms with Gasteiger partial charge in [-0.3, -0.25) is 9.78 Å². The molecule has 0 aliphatic carbocycles. The topological polar surface area (TPSA) is 76.5 Å². The lowest BCUT2D eigenvalue weighted by Crippen LogP contribution is -2.23. The monoisotopic (exact) mass is 485 g/mol. The number of hydrogen-bond donors (Lipinski definition) is 0. The van der Waals surface area contributed by atoms with Crippen LogP contribution in [0, 0.1) is 11.3 Å². The number of halogens is 3. The summed E-state index contributed by atoms with van der Waals surface area (Å²) in [6.07, 6.45) is -1.12. The standard InChI is InChI=1S/C27H18F3N5O/c1-17(23-4-2-3-12-32-23)34-13-11-19(15-25(34)36)26-22-10-5-18(16-31)14-24(22)35(33-26)21-8-6-20(7-9-21)27(28,29)30/h2-15,17H,1H3/t17-/m0/s1. The summed E-state index contributed by atoms with van der Waals surface area (Å²) in [5, 5.41) is 14.7. The van der Waals surface area contributed by atoms with Gasteiger partial charge in [0.25, 0.3) is 5.56 Å². The summed E-state index contributed by atoms with van der Waals surface area (Å²) in [5.41, 5.74) is 2.05. The zero-order valence-electron chi connectivity index (χ0n) is 18.9. The van der Waals surface area contributed by atoms with E-state index in [1.165, 1.54) is 22.9 Å². The van der Waals surface area contributed by atoms with Crippen LogP contribution in [0.3, 0.4) is 0 Å². The minimum Gasteiger partial charge on any atom is -0.307 e. The van der Waals surface area contributed by atoms with Crippen LogP contribution in [0.2, 0.25) is 0 Å². The first-order chi connectivity index (χ1) is 17.3. The Morgan fingerprint density at radius 1 is 1.00 bits per heavy atom. The van der Waals surface area contributed by atoms with Crippen molar-refractivity contribution in [3.8, 4) is 23.0 Å². The third kappa shape index (κ3) is 4.14. The molecule has 0 unspecified atom stereocenters. The van der Waals surface area contributed by atoms with Crippen molar-refractivity contribution in [2.45, 2.75) is 19.1 Å². The average Bonchev–Trinajstić information content (AvgIpc) is 3.27. The summed E-state index contributed by atoms with van der Waals surface area (Å²) in [5.74, 6) is 0. The largest absolute Gasteiger partial charge is 0.416 e. The van der Waals surface area contributed by atoms with Crippen LogP contribution in [0.4, 0.5) is 13.2 Å². The normalized spacial score (nSPS) is 12.4. The Morgan fingerprint density at radius 3 is 2.42 bits per heavy atom. The number of hydrogen-bond acceptors (Lipinski definition) is 4. The summed E-state index contributed by atoms with van der Waals surface area (Å²) in [6, 6.07) is 20.1. The van der Waals surface area contributed by atoms with E-state index in [-0.39, 0.29) is 11.6 Å². The van der Waals surface area contributed by atoms with Crippen LogP contribution in [0.5, 0.6) is 0 Å². The highest BCUT2D eigenvalue weighted by atomic mass is 19.4. The van der Waals surface area contributed by atoms with Crippen LogP contribution in [0.1, 0.15) is 29.8 Å². The van der Waals surface area contributed by atoms with Gasteiger partial charge in [-0.25, -0.2) is 4.68 Å². The molecule has 0 amide bonds. The van der Waals surface area contributed by atoms with Gasteiger partial charge in [0, 0.05) is 29.4 Å². The molecule has 0 aliphatic rings. The fourth-order valence-corrected chi connectivity index (χ4v) is 4.11. The maximum Gasteiger partial charge on any atom is 0.416 e. The lowest BCUT2D eigenvalue weighted by atomic mass is 10.1. The number of nitriles is 1. The summed E-state index contributed by atoms with van der Waals surface area (Å²) < 4.78 is 42.2. The molecular weight excluding hydrogens is 467 g/mol. The SMILES string of the molecule is C[C@@H](c1ccccn1)n1ccc(-c2nn(-c3ccc(C(F)(F)F)cc3)c3cc(C#N)ccc23)cc1=O. The van der Waals surface area contributed by atoms with Crippen molar-refractivity contribution in [2.24, 2.45) is 0 Å². The molecule has 0 saturated carbocycles. The van der Waals surface area contributed by atoms with E-state index in [0.717, 1.165) is 17.8 Å². The Morgan fingerprint density at radius 2 is 1.78 bits per heavy atom. The molecule has 0 fully saturated rings. The first-order valence-corrected chi connectivity index (χ1v) is 11.0. The quantitative estimate of drug-likeness (QED) is 0.325. The van der Waals surface area contributed by atoms with Crippen molar-refractivity contribution < 1.29 is 13.2 Å². The van der Waals surface area contributed by atoms with Crippen molar-refractivity contribution in [1.29, 1.82) is 5.26 Å². The van der Waals surface area contributed by atoms with Crippen molar-refractivity contribution >= 4 is 10.9 Å². The predicted octanol–water partition coefficient (Wildman–Crippen LogP) is 5.75. The van der Waals surface area contributed by atoms with Crippen LogP contribution < -0.4 is 5.56 Å². The van der Waals surface area contributed by atoms with E-state index in [4.69, 9.17) is 0 Å². The molecule has 0 saturated heterocycles. The predicted molar refractivity (Wildman–Crippen MR) is 129 cm³/mol. The zero-order chi connectivity index (χ0) is 25.4. The molecule has 3 aromatic heterocycles. The van der Waals surface area contributed by atoms with E-state index >= 15 is 0 Å². The number of alkyl halides is 3. The van der Waals surface area contributed by atoms with Gasteiger partial charge in [-0.05, 0) is 67.6 Å². The summed E-state index contributed by atoms with van der Waals surface area (Å²) in [4.78, 5) is 17.3. The van der Waals surface area contributed by atoms with Crippen molar-refractivity contribution in [3.05, 3.63) is 112 Å². The third-order valence-electron chi connectivity index (χ3n) is 6.00. The van der Waals surface area contributed by atoms with Gasteiger partial charge in [0.1, 0.15) is 5.69 Å². The molecule has 3 heterocycles. The molecule has 2 aromatic carbocycles. The van der Waals surface area contributed by atoms with E-state index in [0.29, 0.717) is 33.4 Å². The third-order valence-corrected chi connectivity index (χ3v) is 6.00. The highest BCUT2D eigenvalue weighted by Gasteiger charge is 2.30. The highest BCUT2D eigenvalue weighted by molar-refractivity contribution is 5.94. The molecule has 0 spiro atoms. The number of aromatic nitrogens is 4. The van der Waals surface area contributed by atoms with Crippen molar-refractivity contribution in [3.63, 3.8) is 0 Å². The molecule has 0 N–H and O–H groups in total. The lowest BCUT2D eigenvalue weighted by molar-refractivity contribution is -0.137. The molecule has 0 radical (unpaired) electrons. The van der Waals surface area contributed by atoms with Crippen LogP contribution in [-0.2, 0) is 6.18 Å². The van der Waals surface area contributed by atoms with Gasteiger partial charge in [0.15, 0.2) is 0 Å².